The Hall–Kier alpha value is -1.87. The van der Waals surface area contributed by atoms with Crippen molar-refractivity contribution in [2.75, 3.05) is 5.73 Å². The molecule has 2 atom stereocenters. The van der Waals surface area contributed by atoms with E-state index in [2.05, 4.69) is 4.98 Å². The summed E-state index contributed by atoms with van der Waals surface area (Å²) in [6.45, 7) is 3.93. The second-order valence-corrected chi connectivity index (χ2v) is 4.57. The minimum Gasteiger partial charge on any atom is -0.388 e. The molecule has 0 saturated heterocycles. The van der Waals surface area contributed by atoms with Gasteiger partial charge in [0.25, 0.3) is 0 Å². The molecular weight excluding hydrogens is 224 g/mol. The van der Waals surface area contributed by atoms with Crippen molar-refractivity contribution in [3.05, 3.63) is 59.3 Å². The van der Waals surface area contributed by atoms with Crippen LogP contribution in [0, 0.1) is 6.92 Å². The normalized spacial score (nSPS) is 14.2. The van der Waals surface area contributed by atoms with Crippen LogP contribution >= 0.6 is 0 Å². The summed E-state index contributed by atoms with van der Waals surface area (Å²) in [7, 11) is 0. The van der Waals surface area contributed by atoms with Crippen molar-refractivity contribution >= 4 is 5.82 Å². The van der Waals surface area contributed by atoms with Gasteiger partial charge in [-0.3, -0.25) is 0 Å². The summed E-state index contributed by atoms with van der Waals surface area (Å²) < 4.78 is 0. The summed E-state index contributed by atoms with van der Waals surface area (Å²) in [5.41, 5.74) is 8.66. The molecule has 0 aliphatic rings. The van der Waals surface area contributed by atoms with Gasteiger partial charge in [0.1, 0.15) is 5.82 Å². The number of aliphatic hydroxyl groups excluding tert-OH is 1. The molecule has 0 radical (unpaired) electrons. The van der Waals surface area contributed by atoms with Crippen LogP contribution in [0.3, 0.4) is 0 Å². The average molecular weight is 242 g/mol. The summed E-state index contributed by atoms with van der Waals surface area (Å²) in [5.74, 6) is 0.390. The van der Waals surface area contributed by atoms with Gasteiger partial charge in [0.05, 0.1) is 6.10 Å². The highest BCUT2D eigenvalue weighted by Gasteiger charge is 2.22. The van der Waals surface area contributed by atoms with Crippen LogP contribution < -0.4 is 5.73 Å². The molecule has 0 aliphatic carbocycles. The molecule has 0 aliphatic heterocycles. The molecule has 3 nitrogen and oxygen atoms in total. The number of aromatic nitrogens is 1. The predicted molar refractivity (Wildman–Crippen MR) is 73.2 cm³/mol. The molecule has 0 fully saturated rings. The van der Waals surface area contributed by atoms with Gasteiger partial charge < -0.3 is 10.8 Å². The second-order valence-electron chi connectivity index (χ2n) is 4.57. The fourth-order valence-corrected chi connectivity index (χ4v) is 2.16. The van der Waals surface area contributed by atoms with E-state index in [4.69, 9.17) is 5.73 Å². The molecule has 0 amide bonds. The van der Waals surface area contributed by atoms with Gasteiger partial charge in [-0.25, -0.2) is 4.98 Å². The van der Waals surface area contributed by atoms with E-state index >= 15 is 0 Å². The van der Waals surface area contributed by atoms with Crippen LogP contribution in [0.1, 0.15) is 35.6 Å². The first kappa shape index (κ1) is 12.6. The molecule has 1 aromatic carbocycles. The number of pyridine rings is 1. The maximum absolute atomic E-state index is 10.5. The predicted octanol–water partition coefficient (Wildman–Crippen LogP) is 2.81. The Morgan fingerprint density at radius 1 is 1.17 bits per heavy atom. The van der Waals surface area contributed by atoms with E-state index in [1.54, 1.807) is 6.20 Å². The first-order chi connectivity index (χ1) is 8.61. The van der Waals surface area contributed by atoms with Gasteiger partial charge in [-0.05, 0) is 24.1 Å². The van der Waals surface area contributed by atoms with Gasteiger partial charge >= 0.3 is 0 Å². The number of hydrogen-bond donors (Lipinski definition) is 2. The Bertz CT molecular complexity index is 505. The molecule has 2 rings (SSSR count). The Kier molecular flexibility index (Phi) is 3.63. The topological polar surface area (TPSA) is 59.1 Å². The Balaban J connectivity index is 2.34. The lowest BCUT2D eigenvalue weighted by molar-refractivity contribution is 0.151. The van der Waals surface area contributed by atoms with Crippen LogP contribution in [-0.4, -0.2) is 10.1 Å². The van der Waals surface area contributed by atoms with Crippen LogP contribution in [0.25, 0.3) is 0 Å². The molecule has 94 valence electrons. The Labute approximate surface area is 107 Å². The standard InChI is InChI=1S/C15H18N2O/c1-10-8-9-17-15(16)13(10)14(18)11(2)12-6-4-3-5-7-12/h3-9,11,14,18H,1-2H3,(H2,16,17). The van der Waals surface area contributed by atoms with Crippen molar-refractivity contribution in [1.29, 1.82) is 0 Å². The van der Waals surface area contributed by atoms with E-state index in [9.17, 15) is 5.11 Å². The van der Waals surface area contributed by atoms with Gasteiger partial charge in [0, 0.05) is 17.7 Å². The first-order valence-corrected chi connectivity index (χ1v) is 6.05. The summed E-state index contributed by atoms with van der Waals surface area (Å²) >= 11 is 0. The monoisotopic (exact) mass is 242 g/mol. The third-order valence-corrected chi connectivity index (χ3v) is 3.33. The van der Waals surface area contributed by atoms with Crippen LogP contribution in [-0.2, 0) is 0 Å². The van der Waals surface area contributed by atoms with Crippen molar-refractivity contribution in [2.45, 2.75) is 25.9 Å². The van der Waals surface area contributed by atoms with Crippen molar-refractivity contribution in [3.8, 4) is 0 Å². The summed E-state index contributed by atoms with van der Waals surface area (Å²) in [4.78, 5) is 4.05. The van der Waals surface area contributed by atoms with Crippen LogP contribution in [0.5, 0.6) is 0 Å². The van der Waals surface area contributed by atoms with Crippen molar-refractivity contribution in [2.24, 2.45) is 0 Å². The molecule has 1 aromatic heterocycles. The Morgan fingerprint density at radius 2 is 1.83 bits per heavy atom. The molecule has 0 spiro atoms. The second kappa shape index (κ2) is 5.19. The van der Waals surface area contributed by atoms with Crippen LogP contribution in [0.2, 0.25) is 0 Å². The van der Waals surface area contributed by atoms with Gasteiger partial charge in [-0.1, -0.05) is 37.3 Å². The number of benzene rings is 1. The minimum absolute atomic E-state index is 0.0172. The summed E-state index contributed by atoms with van der Waals surface area (Å²) in [6.07, 6.45) is 1.02. The molecule has 0 bridgehead atoms. The quantitative estimate of drug-likeness (QED) is 0.870. The molecule has 2 aromatic rings. The molecule has 3 N–H and O–H groups in total. The van der Waals surface area contributed by atoms with E-state index in [0.717, 1.165) is 16.7 Å². The Morgan fingerprint density at radius 3 is 2.44 bits per heavy atom. The number of nitrogens with zero attached hydrogens (tertiary/aromatic N) is 1. The lowest BCUT2D eigenvalue weighted by atomic mass is 9.89. The van der Waals surface area contributed by atoms with E-state index in [0.29, 0.717) is 5.82 Å². The largest absolute Gasteiger partial charge is 0.388 e. The zero-order chi connectivity index (χ0) is 13.1. The highest BCUT2D eigenvalue weighted by atomic mass is 16.3. The lowest BCUT2D eigenvalue weighted by Crippen LogP contribution is -2.12. The smallest absolute Gasteiger partial charge is 0.129 e. The lowest BCUT2D eigenvalue weighted by Gasteiger charge is -2.22. The van der Waals surface area contributed by atoms with E-state index in [1.807, 2.05) is 50.2 Å². The maximum Gasteiger partial charge on any atom is 0.129 e. The van der Waals surface area contributed by atoms with Crippen LogP contribution in [0.15, 0.2) is 42.6 Å². The number of nitrogens with two attached hydrogens (primary N) is 1. The maximum atomic E-state index is 10.5. The molecule has 1 heterocycles. The highest BCUT2D eigenvalue weighted by molar-refractivity contribution is 5.46. The molecule has 3 heteroatoms. The van der Waals surface area contributed by atoms with Gasteiger partial charge in [-0.2, -0.15) is 0 Å². The molecule has 0 saturated carbocycles. The number of nitrogen functional groups attached to an aromatic ring is 1. The highest BCUT2D eigenvalue weighted by Crippen LogP contribution is 2.34. The van der Waals surface area contributed by atoms with Gasteiger partial charge in [0.2, 0.25) is 0 Å². The third kappa shape index (κ3) is 2.36. The zero-order valence-corrected chi connectivity index (χ0v) is 10.7. The number of anilines is 1. The molecular formula is C15H18N2O. The average Bonchev–Trinajstić information content (AvgIpc) is 2.38. The summed E-state index contributed by atoms with van der Waals surface area (Å²) in [6, 6.07) is 11.8. The van der Waals surface area contributed by atoms with E-state index < -0.39 is 6.10 Å². The van der Waals surface area contributed by atoms with E-state index in [-0.39, 0.29) is 5.92 Å². The number of rotatable bonds is 3. The van der Waals surface area contributed by atoms with Crippen molar-refractivity contribution in [1.82, 2.24) is 4.98 Å². The molecule has 18 heavy (non-hydrogen) atoms. The first-order valence-electron chi connectivity index (χ1n) is 6.05. The fourth-order valence-electron chi connectivity index (χ4n) is 2.16. The zero-order valence-electron chi connectivity index (χ0n) is 10.7. The van der Waals surface area contributed by atoms with Gasteiger partial charge in [-0.15, -0.1) is 0 Å². The van der Waals surface area contributed by atoms with Crippen molar-refractivity contribution < 1.29 is 5.11 Å². The van der Waals surface area contributed by atoms with E-state index in [1.165, 1.54) is 0 Å². The van der Waals surface area contributed by atoms with Gasteiger partial charge in [0.15, 0.2) is 0 Å². The van der Waals surface area contributed by atoms with Crippen LogP contribution in [0.4, 0.5) is 5.82 Å². The number of aryl methyl sites for hydroxylation is 1. The summed E-state index contributed by atoms with van der Waals surface area (Å²) in [5, 5.41) is 10.5. The minimum atomic E-state index is -0.638. The van der Waals surface area contributed by atoms with Crippen molar-refractivity contribution in [3.63, 3.8) is 0 Å². The fraction of sp³-hybridized carbons (Fsp3) is 0.267. The number of aliphatic hydroxyl groups is 1. The third-order valence-electron chi connectivity index (χ3n) is 3.33. The SMILES string of the molecule is Cc1ccnc(N)c1C(O)C(C)c1ccccc1. The number of hydrogen-bond acceptors (Lipinski definition) is 3. The molecule has 2 unspecified atom stereocenters.